The number of alkyl halides is 3. The Kier molecular flexibility index (Phi) is 1.66. The van der Waals surface area contributed by atoms with Crippen molar-refractivity contribution in [1.29, 1.82) is 0 Å². The zero-order valence-corrected chi connectivity index (χ0v) is 5.54. The Morgan fingerprint density at radius 1 is 1.30 bits per heavy atom. The van der Waals surface area contributed by atoms with Crippen molar-refractivity contribution in [2.24, 2.45) is 5.73 Å². The van der Waals surface area contributed by atoms with E-state index >= 15 is 0 Å². The van der Waals surface area contributed by atoms with Crippen LogP contribution in [-0.2, 0) is 0 Å². The molecular formula is C6H10F3N. The molecule has 10 heavy (non-hydrogen) atoms. The number of halogens is 3. The molecule has 0 radical (unpaired) electrons. The van der Waals surface area contributed by atoms with E-state index in [0.29, 0.717) is 12.8 Å². The molecular weight excluding hydrogens is 143 g/mol. The fourth-order valence-corrected chi connectivity index (χ4v) is 1.21. The molecule has 1 aliphatic carbocycles. The lowest BCUT2D eigenvalue weighted by atomic mass is 9.75. The Morgan fingerprint density at radius 2 is 1.80 bits per heavy atom. The highest BCUT2D eigenvalue weighted by molar-refractivity contribution is 4.94. The fraction of sp³-hybridized carbons (Fsp3) is 1.00. The van der Waals surface area contributed by atoms with Crippen LogP contribution in [0, 0.1) is 0 Å². The normalized spacial score (nSPS) is 24.0. The maximum atomic E-state index is 11.7. The van der Waals surface area contributed by atoms with E-state index in [1.54, 1.807) is 0 Å². The summed E-state index contributed by atoms with van der Waals surface area (Å²) in [6.07, 6.45) is -3.03. The molecule has 0 spiro atoms. The second kappa shape index (κ2) is 2.12. The molecule has 60 valence electrons. The van der Waals surface area contributed by atoms with E-state index < -0.39 is 18.1 Å². The molecule has 1 nitrogen and oxygen atoms in total. The van der Waals surface area contributed by atoms with Crippen molar-refractivity contribution >= 4 is 0 Å². The zero-order chi connectivity index (χ0) is 7.83. The Hall–Kier alpha value is -0.250. The maximum absolute atomic E-state index is 11.7. The van der Waals surface area contributed by atoms with Crippen molar-refractivity contribution in [3.8, 4) is 0 Å². The molecule has 0 aliphatic heterocycles. The predicted molar refractivity (Wildman–Crippen MR) is 31.4 cm³/mol. The molecule has 0 amide bonds. The van der Waals surface area contributed by atoms with Crippen LogP contribution in [0.15, 0.2) is 0 Å². The van der Waals surface area contributed by atoms with Gasteiger partial charge in [-0.25, -0.2) is 0 Å². The van der Waals surface area contributed by atoms with E-state index in [1.165, 1.54) is 0 Å². The lowest BCUT2D eigenvalue weighted by molar-refractivity contribution is -0.153. The third kappa shape index (κ3) is 1.87. The predicted octanol–water partition coefficient (Wildman–Crippen LogP) is 1.82. The first-order valence-electron chi connectivity index (χ1n) is 3.27. The van der Waals surface area contributed by atoms with E-state index in [9.17, 15) is 13.2 Å². The Labute approximate surface area is 57.4 Å². The SMILES string of the molecule is NC1(CC(F)(F)F)CCC1. The van der Waals surface area contributed by atoms with Crippen molar-refractivity contribution in [1.82, 2.24) is 0 Å². The lowest BCUT2D eigenvalue weighted by Gasteiger charge is -2.38. The van der Waals surface area contributed by atoms with Gasteiger partial charge in [-0.1, -0.05) is 0 Å². The van der Waals surface area contributed by atoms with E-state index in [1.807, 2.05) is 0 Å². The van der Waals surface area contributed by atoms with Crippen molar-refractivity contribution in [2.75, 3.05) is 0 Å². The van der Waals surface area contributed by atoms with Gasteiger partial charge in [-0.15, -0.1) is 0 Å². The third-order valence-corrected chi connectivity index (χ3v) is 1.90. The number of hydrogen-bond acceptors (Lipinski definition) is 1. The molecule has 1 saturated carbocycles. The van der Waals surface area contributed by atoms with Crippen LogP contribution in [0.3, 0.4) is 0 Å². The topological polar surface area (TPSA) is 26.0 Å². The highest BCUT2D eigenvalue weighted by atomic mass is 19.4. The van der Waals surface area contributed by atoms with Gasteiger partial charge >= 0.3 is 6.18 Å². The largest absolute Gasteiger partial charge is 0.390 e. The van der Waals surface area contributed by atoms with Crippen LogP contribution in [0.5, 0.6) is 0 Å². The zero-order valence-electron chi connectivity index (χ0n) is 5.54. The van der Waals surface area contributed by atoms with Gasteiger partial charge in [0.2, 0.25) is 0 Å². The van der Waals surface area contributed by atoms with Crippen molar-refractivity contribution in [3.63, 3.8) is 0 Å². The average molecular weight is 153 g/mol. The summed E-state index contributed by atoms with van der Waals surface area (Å²) in [5, 5.41) is 0. The van der Waals surface area contributed by atoms with Crippen LogP contribution < -0.4 is 5.73 Å². The molecule has 1 aliphatic rings. The second-order valence-corrected chi connectivity index (χ2v) is 3.01. The highest BCUT2D eigenvalue weighted by Crippen LogP contribution is 2.38. The molecule has 0 heterocycles. The monoisotopic (exact) mass is 153 g/mol. The summed E-state index contributed by atoms with van der Waals surface area (Å²) in [7, 11) is 0. The van der Waals surface area contributed by atoms with Gasteiger partial charge in [-0.05, 0) is 19.3 Å². The minimum atomic E-state index is -4.09. The van der Waals surface area contributed by atoms with Crippen molar-refractivity contribution in [3.05, 3.63) is 0 Å². The van der Waals surface area contributed by atoms with Gasteiger partial charge in [0.1, 0.15) is 0 Å². The Balaban J connectivity index is 2.37. The molecule has 0 aromatic rings. The summed E-state index contributed by atoms with van der Waals surface area (Å²) in [6.45, 7) is 0. The summed E-state index contributed by atoms with van der Waals surface area (Å²) in [5.41, 5.74) is 4.45. The molecule has 0 bridgehead atoms. The number of nitrogens with two attached hydrogens (primary N) is 1. The van der Waals surface area contributed by atoms with Crippen LogP contribution in [0.2, 0.25) is 0 Å². The van der Waals surface area contributed by atoms with E-state index in [4.69, 9.17) is 5.73 Å². The summed E-state index contributed by atoms with van der Waals surface area (Å²) >= 11 is 0. The first-order chi connectivity index (χ1) is 4.41. The first-order valence-corrected chi connectivity index (χ1v) is 3.27. The molecule has 0 unspecified atom stereocenters. The molecule has 0 atom stereocenters. The highest BCUT2D eigenvalue weighted by Gasteiger charge is 2.43. The Bertz CT molecular complexity index is 125. The quantitative estimate of drug-likeness (QED) is 0.611. The standard InChI is InChI=1S/C6H10F3N/c7-6(8,9)4-5(10)2-1-3-5/h1-4,10H2. The van der Waals surface area contributed by atoms with Crippen LogP contribution in [0.25, 0.3) is 0 Å². The summed E-state index contributed by atoms with van der Waals surface area (Å²) in [6, 6.07) is 0. The first kappa shape index (κ1) is 7.85. The number of rotatable bonds is 1. The maximum Gasteiger partial charge on any atom is 0.390 e. The van der Waals surface area contributed by atoms with Gasteiger partial charge in [-0.2, -0.15) is 13.2 Å². The summed E-state index contributed by atoms with van der Waals surface area (Å²) in [4.78, 5) is 0. The molecule has 2 N–H and O–H groups in total. The third-order valence-electron chi connectivity index (χ3n) is 1.90. The van der Waals surface area contributed by atoms with E-state index in [2.05, 4.69) is 0 Å². The van der Waals surface area contributed by atoms with Gasteiger partial charge in [0.25, 0.3) is 0 Å². The van der Waals surface area contributed by atoms with Crippen molar-refractivity contribution in [2.45, 2.75) is 37.4 Å². The van der Waals surface area contributed by atoms with Gasteiger partial charge in [0, 0.05) is 5.54 Å². The molecule has 1 rings (SSSR count). The van der Waals surface area contributed by atoms with Crippen LogP contribution in [0.1, 0.15) is 25.7 Å². The molecule has 1 fully saturated rings. The van der Waals surface area contributed by atoms with Gasteiger partial charge in [-0.3, -0.25) is 0 Å². The Morgan fingerprint density at radius 3 is 1.90 bits per heavy atom. The van der Waals surface area contributed by atoms with Crippen molar-refractivity contribution < 1.29 is 13.2 Å². The van der Waals surface area contributed by atoms with Gasteiger partial charge in [0.15, 0.2) is 0 Å². The van der Waals surface area contributed by atoms with E-state index in [0.717, 1.165) is 6.42 Å². The van der Waals surface area contributed by atoms with Crippen LogP contribution in [-0.4, -0.2) is 11.7 Å². The minimum Gasteiger partial charge on any atom is -0.325 e. The number of hydrogen-bond donors (Lipinski definition) is 1. The summed E-state index contributed by atoms with van der Waals surface area (Å²) < 4.78 is 35.1. The fourth-order valence-electron chi connectivity index (χ4n) is 1.21. The molecule has 4 heteroatoms. The molecule has 0 saturated heterocycles. The lowest BCUT2D eigenvalue weighted by Crippen LogP contribution is -2.49. The van der Waals surface area contributed by atoms with Crippen LogP contribution >= 0.6 is 0 Å². The van der Waals surface area contributed by atoms with Gasteiger partial charge < -0.3 is 5.73 Å². The van der Waals surface area contributed by atoms with Gasteiger partial charge in [0.05, 0.1) is 6.42 Å². The van der Waals surface area contributed by atoms with Crippen LogP contribution in [0.4, 0.5) is 13.2 Å². The second-order valence-electron chi connectivity index (χ2n) is 3.01. The minimum absolute atomic E-state index is 0.520. The molecule has 0 aromatic heterocycles. The average Bonchev–Trinajstić information content (AvgIpc) is 1.57. The summed E-state index contributed by atoms with van der Waals surface area (Å²) in [5.74, 6) is 0. The molecule has 0 aromatic carbocycles. The van der Waals surface area contributed by atoms with E-state index in [-0.39, 0.29) is 0 Å². The smallest absolute Gasteiger partial charge is 0.325 e.